The first-order chi connectivity index (χ1) is 7.52. The average molecular weight is 260 g/mol. The van der Waals surface area contributed by atoms with Gasteiger partial charge in [-0.25, -0.2) is 8.42 Å². The van der Waals surface area contributed by atoms with Crippen molar-refractivity contribution in [1.29, 1.82) is 0 Å². The lowest BCUT2D eigenvalue weighted by atomic mass is 9.59. The van der Waals surface area contributed by atoms with E-state index in [9.17, 15) is 13.5 Å². The zero-order valence-electron chi connectivity index (χ0n) is 11.3. The van der Waals surface area contributed by atoms with Crippen LogP contribution in [0.3, 0.4) is 0 Å². The fraction of sp³-hybridized carbons (Fsp3) is 1.00. The van der Waals surface area contributed by atoms with Crippen LogP contribution in [0.2, 0.25) is 0 Å². The van der Waals surface area contributed by atoms with E-state index >= 15 is 0 Å². The molecular formula is C13H24O3S. The molecule has 0 aromatic carbocycles. The maximum atomic E-state index is 11.3. The minimum Gasteiger partial charge on any atom is -0.389 e. The van der Waals surface area contributed by atoms with Crippen molar-refractivity contribution in [3.63, 3.8) is 0 Å². The summed E-state index contributed by atoms with van der Waals surface area (Å²) in [6.07, 6.45) is 4.87. The number of fused-ring (bicyclic) bond motifs is 2. The van der Waals surface area contributed by atoms with E-state index in [4.69, 9.17) is 0 Å². The molecule has 2 bridgehead atoms. The van der Waals surface area contributed by atoms with Crippen LogP contribution in [-0.4, -0.2) is 31.1 Å². The van der Waals surface area contributed by atoms with E-state index in [1.807, 2.05) is 0 Å². The summed E-state index contributed by atoms with van der Waals surface area (Å²) in [4.78, 5) is 0. The summed E-state index contributed by atoms with van der Waals surface area (Å²) in [5, 5.41) is 11.1. The Balaban J connectivity index is 2.29. The minimum atomic E-state index is -3.00. The summed E-state index contributed by atoms with van der Waals surface area (Å²) in [5.41, 5.74) is -1.08. The molecule has 0 radical (unpaired) electrons. The smallest absolute Gasteiger partial charge is 0.147 e. The molecule has 3 unspecified atom stereocenters. The van der Waals surface area contributed by atoms with Crippen LogP contribution in [0.5, 0.6) is 0 Å². The van der Waals surface area contributed by atoms with Gasteiger partial charge in [0.25, 0.3) is 0 Å². The normalized spacial score (nSPS) is 44.2. The Morgan fingerprint density at radius 2 is 1.88 bits per heavy atom. The van der Waals surface area contributed by atoms with Crippen LogP contribution in [0.1, 0.15) is 46.5 Å². The average Bonchev–Trinajstić information content (AvgIpc) is 2.61. The van der Waals surface area contributed by atoms with E-state index < -0.39 is 15.4 Å². The molecule has 0 aliphatic heterocycles. The third-order valence-electron chi connectivity index (χ3n) is 5.66. The van der Waals surface area contributed by atoms with Crippen molar-refractivity contribution in [1.82, 2.24) is 0 Å². The summed E-state index contributed by atoms with van der Waals surface area (Å²) in [6.45, 7) is 6.33. The predicted octanol–water partition coefficient (Wildman–Crippen LogP) is 2.00. The number of hydrogen-bond donors (Lipinski definition) is 1. The first-order valence-corrected chi connectivity index (χ1v) is 8.48. The molecule has 0 amide bonds. The first-order valence-electron chi connectivity index (χ1n) is 6.42. The molecule has 2 rings (SSSR count). The second kappa shape index (κ2) is 3.47. The van der Waals surface area contributed by atoms with Crippen LogP contribution in [0, 0.1) is 16.7 Å². The number of aliphatic hydroxyl groups is 1. The molecule has 0 spiro atoms. The van der Waals surface area contributed by atoms with E-state index in [1.54, 1.807) is 0 Å². The fourth-order valence-corrected chi connectivity index (χ4v) is 4.97. The Hall–Kier alpha value is -0.0900. The molecule has 2 aliphatic rings. The van der Waals surface area contributed by atoms with Crippen molar-refractivity contribution in [3.05, 3.63) is 0 Å². The summed E-state index contributed by atoms with van der Waals surface area (Å²) >= 11 is 0. The topological polar surface area (TPSA) is 54.4 Å². The molecule has 0 aromatic heterocycles. The van der Waals surface area contributed by atoms with Crippen molar-refractivity contribution in [2.75, 3.05) is 12.0 Å². The van der Waals surface area contributed by atoms with Crippen LogP contribution in [0.15, 0.2) is 0 Å². The van der Waals surface area contributed by atoms with Gasteiger partial charge in [0.2, 0.25) is 0 Å². The van der Waals surface area contributed by atoms with Crippen LogP contribution in [-0.2, 0) is 9.84 Å². The number of rotatable bonds is 3. The van der Waals surface area contributed by atoms with Gasteiger partial charge in [0.1, 0.15) is 9.84 Å². The Labute approximate surface area is 105 Å². The van der Waals surface area contributed by atoms with Crippen molar-refractivity contribution in [2.45, 2.75) is 52.1 Å². The van der Waals surface area contributed by atoms with Crippen molar-refractivity contribution in [2.24, 2.45) is 16.7 Å². The third-order valence-corrected chi connectivity index (χ3v) is 6.61. The van der Waals surface area contributed by atoms with Gasteiger partial charge >= 0.3 is 0 Å². The van der Waals surface area contributed by atoms with Crippen molar-refractivity contribution >= 4 is 9.84 Å². The second-order valence-corrected chi connectivity index (χ2v) is 9.22. The highest BCUT2D eigenvalue weighted by Gasteiger charge is 2.67. The van der Waals surface area contributed by atoms with Gasteiger partial charge in [-0.3, -0.25) is 0 Å². The molecule has 2 fully saturated rings. The van der Waals surface area contributed by atoms with Gasteiger partial charge in [0.05, 0.1) is 11.4 Å². The Morgan fingerprint density at radius 3 is 2.29 bits per heavy atom. The summed E-state index contributed by atoms with van der Waals surface area (Å²) in [7, 11) is -3.00. The second-order valence-electron chi connectivity index (χ2n) is 6.96. The molecule has 1 N–H and O–H groups in total. The summed E-state index contributed by atoms with van der Waals surface area (Å²) in [5.74, 6) is 0.631. The van der Waals surface area contributed by atoms with E-state index in [2.05, 4.69) is 20.8 Å². The van der Waals surface area contributed by atoms with Gasteiger partial charge in [-0.1, -0.05) is 20.8 Å². The maximum absolute atomic E-state index is 11.3. The largest absolute Gasteiger partial charge is 0.389 e. The molecule has 17 heavy (non-hydrogen) atoms. The zero-order chi connectivity index (χ0) is 13.1. The molecule has 0 heterocycles. The zero-order valence-corrected chi connectivity index (χ0v) is 12.1. The highest BCUT2D eigenvalue weighted by Crippen LogP contribution is 2.69. The molecule has 3 nitrogen and oxygen atoms in total. The maximum Gasteiger partial charge on any atom is 0.147 e. The van der Waals surface area contributed by atoms with E-state index in [0.717, 1.165) is 12.8 Å². The van der Waals surface area contributed by atoms with Crippen molar-refractivity contribution < 1.29 is 13.5 Å². The first kappa shape index (κ1) is 13.3. The highest BCUT2D eigenvalue weighted by atomic mass is 32.2. The minimum absolute atomic E-state index is 0.0914. The summed E-state index contributed by atoms with van der Waals surface area (Å²) < 4.78 is 22.7. The highest BCUT2D eigenvalue weighted by molar-refractivity contribution is 7.90. The van der Waals surface area contributed by atoms with Gasteiger partial charge < -0.3 is 5.11 Å². The molecule has 100 valence electrons. The monoisotopic (exact) mass is 260 g/mol. The molecule has 3 atom stereocenters. The third kappa shape index (κ3) is 1.75. The van der Waals surface area contributed by atoms with Crippen LogP contribution < -0.4 is 0 Å². The SMILES string of the molecule is CC12CCC(C1)C(C)(C)C2(O)CCS(C)(=O)=O. The van der Waals surface area contributed by atoms with Gasteiger partial charge in [0, 0.05) is 6.26 Å². The van der Waals surface area contributed by atoms with Crippen LogP contribution in [0.25, 0.3) is 0 Å². The fourth-order valence-electron chi connectivity index (χ4n) is 4.30. The van der Waals surface area contributed by atoms with Gasteiger partial charge in [0.15, 0.2) is 0 Å². The lowest BCUT2D eigenvalue weighted by Crippen LogP contribution is -2.54. The predicted molar refractivity (Wildman–Crippen MR) is 68.5 cm³/mol. The quantitative estimate of drug-likeness (QED) is 0.844. The van der Waals surface area contributed by atoms with Gasteiger partial charge in [-0.2, -0.15) is 0 Å². The molecule has 0 saturated heterocycles. The molecule has 2 saturated carbocycles. The lowest BCUT2D eigenvalue weighted by molar-refractivity contribution is -0.144. The van der Waals surface area contributed by atoms with Crippen LogP contribution >= 0.6 is 0 Å². The molecule has 2 aliphatic carbocycles. The Kier molecular flexibility index (Phi) is 2.73. The van der Waals surface area contributed by atoms with Crippen LogP contribution in [0.4, 0.5) is 0 Å². The number of hydrogen-bond acceptors (Lipinski definition) is 3. The molecular weight excluding hydrogens is 236 g/mol. The van der Waals surface area contributed by atoms with Gasteiger partial charge in [-0.15, -0.1) is 0 Å². The van der Waals surface area contributed by atoms with E-state index in [-0.39, 0.29) is 16.6 Å². The van der Waals surface area contributed by atoms with E-state index in [1.165, 1.54) is 12.7 Å². The molecule has 0 aromatic rings. The summed E-state index contributed by atoms with van der Waals surface area (Å²) in [6, 6.07) is 0. The van der Waals surface area contributed by atoms with Gasteiger partial charge in [-0.05, 0) is 42.4 Å². The lowest BCUT2D eigenvalue weighted by Gasteiger charge is -2.50. The molecule has 4 heteroatoms. The van der Waals surface area contributed by atoms with Crippen molar-refractivity contribution in [3.8, 4) is 0 Å². The Morgan fingerprint density at radius 1 is 1.29 bits per heavy atom. The standard InChI is InChI=1S/C13H24O3S/c1-11(2)10-5-6-12(3,9-10)13(11,14)7-8-17(4,15)16/h10,14H,5-9H2,1-4H3. The van der Waals surface area contributed by atoms with E-state index in [0.29, 0.717) is 12.3 Å². The Bertz CT molecular complexity index is 419. The number of sulfone groups is 1.